The molecular weight excluding hydrogens is 527 g/mol. The molecule has 39 heavy (non-hydrogen) atoms. The van der Waals surface area contributed by atoms with Crippen LogP contribution in [0.15, 0.2) is 82.4 Å². The minimum atomic E-state index is -4.40. The quantitative estimate of drug-likeness (QED) is 0.189. The fourth-order valence-corrected chi connectivity index (χ4v) is 5.03. The molecule has 204 valence electrons. The van der Waals surface area contributed by atoms with Crippen LogP contribution in [-0.4, -0.2) is 22.2 Å². The van der Waals surface area contributed by atoms with E-state index in [1.54, 1.807) is 37.1 Å². The summed E-state index contributed by atoms with van der Waals surface area (Å²) >= 11 is 1.59. The van der Waals surface area contributed by atoms with E-state index in [1.165, 1.54) is 12.1 Å². The molecule has 4 aromatic rings. The lowest BCUT2D eigenvalue weighted by Gasteiger charge is -2.15. The lowest BCUT2D eigenvalue weighted by molar-refractivity contribution is -0.145. The minimum absolute atomic E-state index is 0.356. The maximum Gasteiger partial charge on any atom is 0.416 e. The fraction of sp³-hybridized carbons (Fsp3) is 0.267. The van der Waals surface area contributed by atoms with Crippen LogP contribution in [0.4, 0.5) is 13.2 Å². The predicted octanol–water partition coefficient (Wildman–Crippen LogP) is 7.99. The van der Waals surface area contributed by atoms with Gasteiger partial charge in [-0.25, -0.2) is 4.79 Å². The van der Waals surface area contributed by atoms with E-state index < -0.39 is 23.8 Å². The zero-order valence-corrected chi connectivity index (χ0v) is 22.3. The van der Waals surface area contributed by atoms with Crippen molar-refractivity contribution < 1.29 is 32.2 Å². The van der Waals surface area contributed by atoms with Gasteiger partial charge in [-0.05, 0) is 79.4 Å². The normalized spacial score (nSPS) is 12.3. The number of pyridine rings is 1. The fourth-order valence-electron chi connectivity index (χ4n) is 4.04. The molecular formula is C30H28F3NO4S. The maximum atomic E-state index is 13.0. The summed E-state index contributed by atoms with van der Waals surface area (Å²) in [7, 11) is 0. The first kappa shape index (κ1) is 28.3. The van der Waals surface area contributed by atoms with Crippen LogP contribution < -0.4 is 4.74 Å². The van der Waals surface area contributed by atoms with Crippen LogP contribution in [-0.2, 0) is 29.6 Å². The van der Waals surface area contributed by atoms with Gasteiger partial charge in [0, 0.05) is 40.6 Å². The third-order valence-electron chi connectivity index (χ3n) is 6.24. The monoisotopic (exact) mass is 555 g/mol. The van der Waals surface area contributed by atoms with E-state index >= 15 is 0 Å². The van der Waals surface area contributed by atoms with Crippen LogP contribution in [0.1, 0.15) is 41.4 Å². The number of aromatic nitrogens is 1. The van der Waals surface area contributed by atoms with Crippen LogP contribution in [0, 0.1) is 6.92 Å². The lowest BCUT2D eigenvalue weighted by atomic mass is 10.1. The zero-order valence-electron chi connectivity index (χ0n) is 21.5. The number of carboxylic acid groups (broad SMARTS) is 1. The molecule has 0 aliphatic heterocycles. The Hall–Kier alpha value is -3.72. The standard InChI is InChI=1S/C30H28F3NO4S/c1-3-25(29(35)36)37-26-11-9-24(16-19(26)2)39-18-22-17-28(21-5-7-23(8-6-21)30(31,32)33)38-27(22)10-4-20-12-14-34-15-13-20/h5-9,11-17,25H,3-4,10,18H2,1-2H3,(H,35,36). The van der Waals surface area contributed by atoms with E-state index in [9.17, 15) is 23.1 Å². The number of nitrogens with zero attached hydrogens (tertiary/aromatic N) is 1. The highest BCUT2D eigenvalue weighted by molar-refractivity contribution is 7.98. The first-order valence-electron chi connectivity index (χ1n) is 12.4. The highest BCUT2D eigenvalue weighted by Gasteiger charge is 2.30. The van der Waals surface area contributed by atoms with E-state index in [-0.39, 0.29) is 0 Å². The van der Waals surface area contributed by atoms with Gasteiger partial charge in [0.05, 0.1) is 5.56 Å². The Morgan fingerprint density at radius 1 is 1.05 bits per heavy atom. The van der Waals surface area contributed by atoms with Gasteiger partial charge in [0.2, 0.25) is 0 Å². The molecule has 0 amide bonds. The molecule has 2 heterocycles. The number of ether oxygens (including phenoxy) is 1. The van der Waals surface area contributed by atoms with Crippen LogP contribution in [0.25, 0.3) is 11.3 Å². The van der Waals surface area contributed by atoms with Crippen LogP contribution in [0.3, 0.4) is 0 Å². The summed E-state index contributed by atoms with van der Waals surface area (Å²) in [4.78, 5) is 16.3. The van der Waals surface area contributed by atoms with Crippen molar-refractivity contribution in [2.24, 2.45) is 0 Å². The Bertz CT molecular complexity index is 1400. The van der Waals surface area contributed by atoms with Gasteiger partial charge in [0.15, 0.2) is 6.10 Å². The Morgan fingerprint density at radius 2 is 1.77 bits per heavy atom. The summed E-state index contributed by atoms with van der Waals surface area (Å²) in [6.07, 6.45) is -0.126. The molecule has 4 rings (SSSR count). The number of hydrogen-bond donors (Lipinski definition) is 1. The van der Waals surface area contributed by atoms with E-state index in [0.29, 0.717) is 35.7 Å². The number of halogens is 3. The minimum Gasteiger partial charge on any atom is -0.479 e. The number of hydrogen-bond acceptors (Lipinski definition) is 5. The van der Waals surface area contributed by atoms with Crippen LogP contribution in [0.5, 0.6) is 5.75 Å². The molecule has 0 radical (unpaired) electrons. The van der Waals surface area contributed by atoms with Gasteiger partial charge in [0.25, 0.3) is 0 Å². The van der Waals surface area contributed by atoms with E-state index in [1.807, 2.05) is 37.3 Å². The van der Waals surface area contributed by atoms with Crippen molar-refractivity contribution in [2.45, 2.75) is 56.0 Å². The van der Waals surface area contributed by atoms with Crippen molar-refractivity contribution in [2.75, 3.05) is 0 Å². The average molecular weight is 556 g/mol. The zero-order chi connectivity index (χ0) is 28.0. The van der Waals surface area contributed by atoms with Gasteiger partial charge in [-0.15, -0.1) is 11.8 Å². The number of benzene rings is 2. The highest BCUT2D eigenvalue weighted by atomic mass is 32.2. The second kappa shape index (κ2) is 12.4. The number of aryl methyl sites for hydroxylation is 3. The van der Waals surface area contributed by atoms with Crippen molar-refractivity contribution >= 4 is 17.7 Å². The van der Waals surface area contributed by atoms with Gasteiger partial charge in [0.1, 0.15) is 17.3 Å². The third kappa shape index (κ3) is 7.44. The molecule has 1 N–H and O–H groups in total. The molecule has 9 heteroatoms. The largest absolute Gasteiger partial charge is 0.479 e. The Labute approximate surface area is 229 Å². The van der Waals surface area contributed by atoms with Gasteiger partial charge in [-0.3, -0.25) is 4.98 Å². The van der Waals surface area contributed by atoms with Crippen LogP contribution in [0.2, 0.25) is 0 Å². The van der Waals surface area contributed by atoms with Crippen molar-refractivity contribution in [1.82, 2.24) is 4.98 Å². The molecule has 0 bridgehead atoms. The third-order valence-corrected chi connectivity index (χ3v) is 7.28. The summed E-state index contributed by atoms with van der Waals surface area (Å²) in [5.41, 5.74) is 2.76. The molecule has 2 aromatic heterocycles. The summed E-state index contributed by atoms with van der Waals surface area (Å²) in [6, 6.07) is 16.3. The van der Waals surface area contributed by atoms with Crippen molar-refractivity contribution in [3.05, 3.63) is 101 Å². The van der Waals surface area contributed by atoms with Crippen molar-refractivity contribution in [3.8, 4) is 17.1 Å². The molecule has 1 unspecified atom stereocenters. The molecule has 0 fully saturated rings. The number of thioether (sulfide) groups is 1. The van der Waals surface area contributed by atoms with E-state index in [2.05, 4.69) is 4.98 Å². The second-order valence-corrected chi connectivity index (χ2v) is 10.1. The van der Waals surface area contributed by atoms with Gasteiger partial charge in [-0.2, -0.15) is 13.2 Å². The number of furan rings is 1. The Morgan fingerprint density at radius 3 is 2.38 bits per heavy atom. The number of aliphatic carboxylic acids is 1. The molecule has 0 spiro atoms. The molecule has 0 aliphatic carbocycles. The van der Waals surface area contributed by atoms with Crippen molar-refractivity contribution in [3.63, 3.8) is 0 Å². The highest BCUT2D eigenvalue weighted by Crippen LogP contribution is 2.35. The number of rotatable bonds is 11. The van der Waals surface area contributed by atoms with Gasteiger partial charge < -0.3 is 14.3 Å². The average Bonchev–Trinajstić information content (AvgIpc) is 3.33. The summed E-state index contributed by atoms with van der Waals surface area (Å²) < 4.78 is 50.9. The SMILES string of the molecule is CCC(Oc1ccc(SCc2cc(-c3ccc(C(F)(F)F)cc3)oc2CCc2ccncc2)cc1C)C(=O)O. The van der Waals surface area contributed by atoms with Gasteiger partial charge in [-0.1, -0.05) is 19.1 Å². The predicted molar refractivity (Wildman–Crippen MR) is 144 cm³/mol. The van der Waals surface area contributed by atoms with Crippen molar-refractivity contribution in [1.29, 1.82) is 0 Å². The van der Waals surface area contributed by atoms with E-state index in [0.717, 1.165) is 45.9 Å². The van der Waals surface area contributed by atoms with E-state index in [4.69, 9.17) is 9.15 Å². The first-order valence-corrected chi connectivity index (χ1v) is 13.4. The first-order chi connectivity index (χ1) is 18.6. The maximum absolute atomic E-state index is 13.0. The lowest BCUT2D eigenvalue weighted by Crippen LogP contribution is -2.26. The molecule has 0 aliphatic rings. The topological polar surface area (TPSA) is 72.6 Å². The number of carbonyl (C=O) groups is 1. The molecule has 0 saturated heterocycles. The number of carboxylic acids is 1. The van der Waals surface area contributed by atoms with Gasteiger partial charge >= 0.3 is 12.1 Å². The molecule has 1 atom stereocenters. The molecule has 2 aromatic carbocycles. The molecule has 5 nitrogen and oxygen atoms in total. The Balaban J connectivity index is 1.53. The Kier molecular flexibility index (Phi) is 9.01. The number of alkyl halides is 3. The summed E-state index contributed by atoms with van der Waals surface area (Å²) in [5, 5.41) is 9.28. The smallest absolute Gasteiger partial charge is 0.416 e. The van der Waals surface area contributed by atoms with Crippen LogP contribution >= 0.6 is 11.8 Å². The summed E-state index contributed by atoms with van der Waals surface area (Å²) in [5.74, 6) is 1.40. The summed E-state index contributed by atoms with van der Waals surface area (Å²) in [6.45, 7) is 3.63. The molecule has 0 saturated carbocycles. The second-order valence-electron chi connectivity index (χ2n) is 9.06.